The van der Waals surface area contributed by atoms with Crippen molar-refractivity contribution in [2.24, 2.45) is 5.92 Å². The fourth-order valence-electron chi connectivity index (χ4n) is 2.46. The van der Waals surface area contributed by atoms with Crippen molar-refractivity contribution in [1.82, 2.24) is 14.6 Å². The smallest absolute Gasteiger partial charge is 0.166 e. The molecule has 2 aromatic heterocycles. The Kier molecular flexibility index (Phi) is 3.06. The Hall–Kier alpha value is -1.75. The van der Waals surface area contributed by atoms with Gasteiger partial charge < -0.3 is 4.74 Å². The first kappa shape index (κ1) is 11.3. The summed E-state index contributed by atoms with van der Waals surface area (Å²) in [5.41, 5.74) is 1.35. The van der Waals surface area contributed by atoms with E-state index in [9.17, 15) is 4.79 Å². The van der Waals surface area contributed by atoms with Gasteiger partial charge in [-0.15, -0.1) is 10.2 Å². The van der Waals surface area contributed by atoms with Crippen molar-refractivity contribution >= 4 is 11.9 Å². The predicted molar refractivity (Wildman–Crippen MR) is 65.6 cm³/mol. The third-order valence-corrected chi connectivity index (χ3v) is 3.46. The van der Waals surface area contributed by atoms with Gasteiger partial charge in [0.1, 0.15) is 5.82 Å². The highest BCUT2D eigenvalue weighted by molar-refractivity contribution is 5.73. The van der Waals surface area contributed by atoms with Crippen molar-refractivity contribution in [3.05, 3.63) is 29.7 Å². The van der Waals surface area contributed by atoms with E-state index in [1.807, 2.05) is 16.5 Å². The van der Waals surface area contributed by atoms with Gasteiger partial charge in [-0.2, -0.15) is 0 Å². The summed E-state index contributed by atoms with van der Waals surface area (Å²) in [6.07, 6.45) is 3.82. The highest BCUT2D eigenvalue weighted by atomic mass is 16.5. The van der Waals surface area contributed by atoms with E-state index in [1.54, 1.807) is 6.07 Å². The average molecular weight is 245 g/mol. The molecule has 0 aromatic carbocycles. The molecule has 1 saturated heterocycles. The molecule has 0 bridgehead atoms. The van der Waals surface area contributed by atoms with Crippen LogP contribution in [0.2, 0.25) is 0 Å². The molecule has 0 N–H and O–H groups in total. The minimum absolute atomic E-state index is 0.575. The number of ether oxygens (including phenoxy) is 1. The average Bonchev–Trinajstić information content (AvgIpc) is 2.83. The molecule has 0 amide bonds. The first-order valence-electron chi connectivity index (χ1n) is 6.24. The van der Waals surface area contributed by atoms with Crippen molar-refractivity contribution in [3.63, 3.8) is 0 Å². The summed E-state index contributed by atoms with van der Waals surface area (Å²) >= 11 is 0. The van der Waals surface area contributed by atoms with Crippen molar-refractivity contribution in [2.75, 3.05) is 13.2 Å². The Morgan fingerprint density at radius 3 is 2.94 bits per heavy atom. The summed E-state index contributed by atoms with van der Waals surface area (Å²) in [6.45, 7) is 1.64. The van der Waals surface area contributed by atoms with E-state index in [4.69, 9.17) is 4.74 Å². The number of nitrogens with zero attached hydrogens (tertiary/aromatic N) is 3. The van der Waals surface area contributed by atoms with Gasteiger partial charge in [0.05, 0.1) is 5.69 Å². The molecule has 1 aliphatic heterocycles. The fraction of sp³-hybridized carbons (Fsp3) is 0.462. The van der Waals surface area contributed by atoms with E-state index >= 15 is 0 Å². The predicted octanol–water partition coefficient (Wildman–Crippen LogP) is 1.51. The lowest BCUT2D eigenvalue weighted by molar-refractivity contribution is 0.0659. The number of carbonyl (C=O) groups is 1. The summed E-state index contributed by atoms with van der Waals surface area (Å²) in [4.78, 5) is 11.1. The fourth-order valence-corrected chi connectivity index (χ4v) is 2.46. The van der Waals surface area contributed by atoms with Gasteiger partial charge in [0, 0.05) is 19.6 Å². The lowest BCUT2D eigenvalue weighted by Crippen LogP contribution is -2.19. The number of hydrogen-bond donors (Lipinski definition) is 0. The van der Waals surface area contributed by atoms with Gasteiger partial charge in [-0.1, -0.05) is 6.07 Å². The van der Waals surface area contributed by atoms with Crippen LogP contribution in [-0.4, -0.2) is 34.1 Å². The summed E-state index contributed by atoms with van der Waals surface area (Å²) in [5, 5.41) is 8.33. The van der Waals surface area contributed by atoms with Crippen LogP contribution < -0.4 is 0 Å². The molecular formula is C13H15N3O2. The van der Waals surface area contributed by atoms with E-state index < -0.39 is 0 Å². The third kappa shape index (κ3) is 2.01. The van der Waals surface area contributed by atoms with E-state index in [2.05, 4.69) is 10.2 Å². The van der Waals surface area contributed by atoms with E-state index in [-0.39, 0.29) is 0 Å². The van der Waals surface area contributed by atoms with Crippen LogP contribution in [-0.2, 0) is 11.2 Å². The van der Waals surface area contributed by atoms with Gasteiger partial charge in [-0.3, -0.25) is 9.20 Å². The van der Waals surface area contributed by atoms with Crippen molar-refractivity contribution < 1.29 is 9.53 Å². The zero-order chi connectivity index (χ0) is 12.4. The molecule has 2 aromatic rings. The third-order valence-electron chi connectivity index (χ3n) is 3.46. The zero-order valence-corrected chi connectivity index (χ0v) is 10.1. The van der Waals surface area contributed by atoms with Crippen molar-refractivity contribution in [3.8, 4) is 0 Å². The molecule has 3 heterocycles. The lowest BCUT2D eigenvalue weighted by Gasteiger charge is -2.21. The molecule has 0 atom stereocenters. The second-order valence-corrected chi connectivity index (χ2v) is 4.64. The second-order valence-electron chi connectivity index (χ2n) is 4.64. The van der Waals surface area contributed by atoms with Gasteiger partial charge in [-0.05, 0) is 30.9 Å². The summed E-state index contributed by atoms with van der Waals surface area (Å²) in [7, 11) is 0. The van der Waals surface area contributed by atoms with Crippen LogP contribution in [0.1, 0.15) is 29.2 Å². The van der Waals surface area contributed by atoms with Crippen LogP contribution in [0.3, 0.4) is 0 Å². The maximum atomic E-state index is 11.1. The van der Waals surface area contributed by atoms with Crippen LogP contribution >= 0.6 is 0 Å². The monoisotopic (exact) mass is 245 g/mol. The van der Waals surface area contributed by atoms with Crippen LogP contribution in [0.4, 0.5) is 0 Å². The Morgan fingerprint density at radius 2 is 2.17 bits per heavy atom. The number of aldehydes is 1. The molecule has 0 saturated carbocycles. The summed E-state index contributed by atoms with van der Waals surface area (Å²) < 4.78 is 7.20. The quantitative estimate of drug-likeness (QED) is 0.769. The molecule has 3 rings (SSSR count). The van der Waals surface area contributed by atoms with Gasteiger partial charge in [-0.25, -0.2) is 0 Å². The van der Waals surface area contributed by atoms with Gasteiger partial charge in [0.2, 0.25) is 0 Å². The molecule has 0 unspecified atom stereocenters. The minimum atomic E-state index is 0.575. The number of pyridine rings is 1. The molecule has 94 valence electrons. The van der Waals surface area contributed by atoms with Crippen LogP contribution in [0.5, 0.6) is 0 Å². The van der Waals surface area contributed by atoms with Gasteiger partial charge in [0.15, 0.2) is 11.9 Å². The van der Waals surface area contributed by atoms with E-state index in [0.717, 1.165) is 50.2 Å². The normalized spacial score (nSPS) is 17.1. The summed E-state index contributed by atoms with van der Waals surface area (Å²) in [6, 6.07) is 5.48. The Balaban J connectivity index is 1.93. The molecular weight excluding hydrogens is 230 g/mol. The molecule has 5 nitrogen and oxygen atoms in total. The Bertz CT molecular complexity index is 558. The number of fused-ring (bicyclic) bond motifs is 1. The second kappa shape index (κ2) is 4.86. The Labute approximate surface area is 105 Å². The van der Waals surface area contributed by atoms with E-state index in [1.165, 1.54) is 0 Å². The van der Waals surface area contributed by atoms with Crippen LogP contribution in [0.25, 0.3) is 5.65 Å². The number of carbonyl (C=O) groups excluding carboxylic acids is 1. The molecule has 18 heavy (non-hydrogen) atoms. The maximum absolute atomic E-state index is 11.1. The SMILES string of the molecule is O=Cc1cccc2nnc(CC3CCOCC3)n12. The molecule has 0 aliphatic carbocycles. The topological polar surface area (TPSA) is 56.5 Å². The highest BCUT2D eigenvalue weighted by Crippen LogP contribution is 2.20. The first-order chi connectivity index (χ1) is 8.88. The van der Waals surface area contributed by atoms with Crippen molar-refractivity contribution in [1.29, 1.82) is 0 Å². The number of rotatable bonds is 3. The first-order valence-corrected chi connectivity index (χ1v) is 6.24. The largest absolute Gasteiger partial charge is 0.381 e. The van der Waals surface area contributed by atoms with Gasteiger partial charge >= 0.3 is 0 Å². The minimum Gasteiger partial charge on any atom is -0.381 e. The number of aromatic nitrogens is 3. The van der Waals surface area contributed by atoms with Crippen LogP contribution in [0, 0.1) is 5.92 Å². The zero-order valence-electron chi connectivity index (χ0n) is 10.1. The van der Waals surface area contributed by atoms with E-state index in [0.29, 0.717) is 11.6 Å². The van der Waals surface area contributed by atoms with Gasteiger partial charge in [0.25, 0.3) is 0 Å². The maximum Gasteiger partial charge on any atom is 0.166 e. The van der Waals surface area contributed by atoms with Crippen molar-refractivity contribution in [2.45, 2.75) is 19.3 Å². The molecule has 0 spiro atoms. The lowest BCUT2D eigenvalue weighted by atomic mass is 9.96. The Morgan fingerprint density at radius 1 is 1.33 bits per heavy atom. The highest BCUT2D eigenvalue weighted by Gasteiger charge is 2.18. The number of hydrogen-bond acceptors (Lipinski definition) is 4. The molecule has 5 heteroatoms. The molecule has 0 radical (unpaired) electrons. The summed E-state index contributed by atoms with van der Waals surface area (Å²) in [5.74, 6) is 1.45. The van der Waals surface area contributed by atoms with Crippen LogP contribution in [0.15, 0.2) is 18.2 Å². The standard InChI is InChI=1S/C13H15N3O2/c17-9-11-2-1-3-12-14-15-13(16(11)12)8-10-4-6-18-7-5-10/h1-3,9-10H,4-8H2. The molecule has 1 fully saturated rings. The molecule has 1 aliphatic rings.